The molecule has 1 saturated heterocycles. The topological polar surface area (TPSA) is 104 Å². The van der Waals surface area contributed by atoms with Gasteiger partial charge in [0, 0.05) is 24.5 Å². The minimum atomic E-state index is -2.11. The molecule has 9 heteroatoms. The molecule has 218 valence electrons. The number of hydrogen-bond acceptors (Lipinski definition) is 7. The zero-order valence-corrected chi connectivity index (χ0v) is 26.1. The fourth-order valence-corrected chi connectivity index (χ4v) is 6.04. The molecule has 0 radical (unpaired) electrons. The van der Waals surface area contributed by atoms with E-state index in [0.717, 1.165) is 50.0 Å². The maximum absolute atomic E-state index is 12.1. The van der Waals surface area contributed by atoms with Gasteiger partial charge in [-0.05, 0) is 95.0 Å². The zero-order chi connectivity index (χ0) is 29.0. The Morgan fingerprint density at radius 3 is 2.41 bits per heavy atom. The van der Waals surface area contributed by atoms with Gasteiger partial charge < -0.3 is 29.5 Å². The molecule has 0 unspecified atom stereocenters. The highest BCUT2D eigenvalue weighted by molar-refractivity contribution is 6.74. The summed E-state index contributed by atoms with van der Waals surface area (Å²) in [6, 6.07) is 6.83. The van der Waals surface area contributed by atoms with E-state index in [-0.39, 0.29) is 28.4 Å². The summed E-state index contributed by atoms with van der Waals surface area (Å²) >= 11 is 0. The molecule has 3 rings (SSSR count). The number of esters is 1. The minimum Gasteiger partial charge on any atom is -0.506 e. The summed E-state index contributed by atoms with van der Waals surface area (Å²) in [4.78, 5) is 29.2. The lowest BCUT2D eigenvalue weighted by Gasteiger charge is -2.40. The second-order valence-electron chi connectivity index (χ2n) is 13.4. The lowest BCUT2D eigenvalue weighted by Crippen LogP contribution is -2.44. The van der Waals surface area contributed by atoms with Gasteiger partial charge in [-0.2, -0.15) is 0 Å². The number of hydrogen-bond donors (Lipinski definition) is 3. The Kier molecular flexibility index (Phi) is 10.1. The maximum atomic E-state index is 12.1. The van der Waals surface area contributed by atoms with E-state index in [0.29, 0.717) is 24.4 Å². The third-order valence-electron chi connectivity index (χ3n) is 8.02. The van der Waals surface area contributed by atoms with Crippen molar-refractivity contribution >= 4 is 25.2 Å². The number of likely N-dealkylation sites (tertiary alicyclic amines) is 1. The molecule has 1 aliphatic rings. The van der Waals surface area contributed by atoms with Crippen LogP contribution in [0.5, 0.6) is 5.75 Å². The fourth-order valence-electron chi connectivity index (χ4n) is 4.76. The van der Waals surface area contributed by atoms with Gasteiger partial charge in [0.1, 0.15) is 11.4 Å². The number of phenolic OH excluding ortho intramolecular Hbond substituents is 1. The number of carbonyl (C=O) groups is 1. The maximum Gasteiger partial charge on any atom is 0.307 e. The molecule has 0 spiro atoms. The number of aromatic hydroxyl groups is 1. The van der Waals surface area contributed by atoms with Gasteiger partial charge in [-0.25, -0.2) is 0 Å². The van der Waals surface area contributed by atoms with E-state index in [1.54, 1.807) is 12.1 Å². The Labute approximate surface area is 234 Å². The fraction of sp³-hybridized carbons (Fsp3) is 0.667. The molecule has 8 nitrogen and oxygen atoms in total. The lowest BCUT2D eigenvalue weighted by molar-refractivity contribution is -0.155. The van der Waals surface area contributed by atoms with Crippen LogP contribution in [-0.4, -0.2) is 67.6 Å². The number of H-pyrrole nitrogens is 1. The summed E-state index contributed by atoms with van der Waals surface area (Å²) in [7, 11) is -2.11. The van der Waals surface area contributed by atoms with Crippen molar-refractivity contribution in [1.29, 1.82) is 0 Å². The van der Waals surface area contributed by atoms with Crippen LogP contribution in [0.15, 0.2) is 29.1 Å². The first-order valence-electron chi connectivity index (χ1n) is 14.2. The van der Waals surface area contributed by atoms with Crippen molar-refractivity contribution in [2.24, 2.45) is 5.92 Å². The molecule has 2 aromatic rings. The van der Waals surface area contributed by atoms with E-state index in [2.05, 4.69) is 49.1 Å². The summed E-state index contributed by atoms with van der Waals surface area (Å²) in [5, 5.41) is 14.9. The smallest absolute Gasteiger partial charge is 0.307 e. The number of pyridine rings is 1. The minimum absolute atomic E-state index is 0.0401. The number of piperidine rings is 1. The largest absolute Gasteiger partial charge is 0.506 e. The normalized spacial score (nSPS) is 16.9. The Bertz CT molecular complexity index is 1170. The summed E-state index contributed by atoms with van der Waals surface area (Å²) in [5.41, 5.74) is 0.731. The Morgan fingerprint density at radius 2 is 1.79 bits per heavy atom. The second-order valence-corrected chi connectivity index (χ2v) is 18.2. The standard InChI is InChI=1S/C30H49N3O5Si/c1-29(2,3)37-27(36)15-18-33-16-13-21(14-17-33)19-31-20-25(38-39(7,8)30(4,5)6)22-9-11-24(34)28-23(22)10-12-26(35)32-28/h9-12,21,25,31,34H,13-20H2,1-8H3,(H,32,35)/t25-/m1/s1. The van der Waals surface area contributed by atoms with Gasteiger partial charge in [0.2, 0.25) is 5.56 Å². The first kappa shape index (κ1) is 31.3. The van der Waals surface area contributed by atoms with Crippen LogP contribution in [0.2, 0.25) is 18.1 Å². The van der Waals surface area contributed by atoms with Gasteiger partial charge >= 0.3 is 5.97 Å². The number of nitrogens with zero attached hydrogens (tertiary/aromatic N) is 1. The second kappa shape index (κ2) is 12.5. The average Bonchev–Trinajstić information content (AvgIpc) is 2.82. The van der Waals surface area contributed by atoms with Crippen LogP contribution >= 0.6 is 0 Å². The molecular weight excluding hydrogens is 510 g/mol. The predicted octanol–water partition coefficient (Wildman–Crippen LogP) is 5.33. The molecule has 0 saturated carbocycles. The van der Waals surface area contributed by atoms with E-state index in [9.17, 15) is 14.7 Å². The van der Waals surface area contributed by atoms with Crippen LogP contribution in [0.1, 0.15) is 72.5 Å². The van der Waals surface area contributed by atoms with Gasteiger partial charge in [0.05, 0.1) is 18.0 Å². The monoisotopic (exact) mass is 559 g/mol. The first-order chi connectivity index (χ1) is 18.1. The van der Waals surface area contributed by atoms with Crippen LogP contribution in [0.3, 0.4) is 0 Å². The third-order valence-corrected chi connectivity index (χ3v) is 12.5. The number of aromatic amines is 1. The number of ether oxygens (including phenoxy) is 1. The molecule has 0 amide bonds. The van der Waals surface area contributed by atoms with Crippen LogP contribution in [0.25, 0.3) is 10.9 Å². The van der Waals surface area contributed by atoms with Crippen LogP contribution in [0.4, 0.5) is 0 Å². The highest BCUT2D eigenvalue weighted by atomic mass is 28.4. The molecule has 1 aliphatic heterocycles. The van der Waals surface area contributed by atoms with Gasteiger partial charge in [0.25, 0.3) is 0 Å². The van der Waals surface area contributed by atoms with Gasteiger partial charge in [-0.3, -0.25) is 9.59 Å². The van der Waals surface area contributed by atoms with Gasteiger partial charge in [-0.15, -0.1) is 0 Å². The Hall–Kier alpha value is -2.20. The van der Waals surface area contributed by atoms with Crippen molar-refractivity contribution in [2.75, 3.05) is 32.7 Å². The van der Waals surface area contributed by atoms with Crippen molar-refractivity contribution in [1.82, 2.24) is 15.2 Å². The highest BCUT2D eigenvalue weighted by Crippen LogP contribution is 2.41. The number of carbonyl (C=O) groups excluding carboxylic acids is 1. The molecule has 0 bridgehead atoms. The van der Waals surface area contributed by atoms with E-state index in [1.807, 2.05) is 26.8 Å². The van der Waals surface area contributed by atoms with E-state index < -0.39 is 13.9 Å². The zero-order valence-electron chi connectivity index (χ0n) is 25.1. The number of rotatable bonds is 10. The van der Waals surface area contributed by atoms with Crippen molar-refractivity contribution in [3.8, 4) is 5.75 Å². The Balaban J connectivity index is 1.63. The summed E-state index contributed by atoms with van der Waals surface area (Å²) in [6.07, 6.45) is 2.38. The highest BCUT2D eigenvalue weighted by Gasteiger charge is 2.39. The van der Waals surface area contributed by atoms with Gasteiger partial charge in [0.15, 0.2) is 8.32 Å². The third kappa shape index (κ3) is 8.90. The quantitative estimate of drug-likeness (QED) is 0.267. The molecule has 2 heterocycles. The summed E-state index contributed by atoms with van der Waals surface area (Å²) in [5.74, 6) is 0.484. The van der Waals surface area contributed by atoms with Crippen molar-refractivity contribution < 1.29 is 19.1 Å². The first-order valence-corrected chi connectivity index (χ1v) is 17.1. The molecule has 3 N–H and O–H groups in total. The van der Waals surface area contributed by atoms with Crippen molar-refractivity contribution in [3.63, 3.8) is 0 Å². The SMILES string of the molecule is CC(C)(C)OC(=O)CCN1CCC(CNC[C@@H](O[Si](C)(C)C(C)(C)C)c2ccc(O)c3[nH]c(=O)ccc23)CC1. The van der Waals surface area contributed by atoms with Crippen LogP contribution in [0, 0.1) is 5.92 Å². The number of fused-ring (bicyclic) bond motifs is 1. The number of phenols is 1. The van der Waals surface area contributed by atoms with Crippen LogP contribution in [-0.2, 0) is 14.0 Å². The molecule has 1 aromatic carbocycles. The van der Waals surface area contributed by atoms with E-state index >= 15 is 0 Å². The van der Waals surface area contributed by atoms with Crippen LogP contribution < -0.4 is 10.9 Å². The molecule has 1 atom stereocenters. The molecule has 1 aromatic heterocycles. The molecular formula is C30H49N3O5Si. The van der Waals surface area contributed by atoms with Crippen molar-refractivity contribution in [2.45, 2.75) is 90.6 Å². The van der Waals surface area contributed by atoms with E-state index in [4.69, 9.17) is 9.16 Å². The molecule has 0 aliphatic carbocycles. The predicted molar refractivity (Wildman–Crippen MR) is 160 cm³/mol. The van der Waals surface area contributed by atoms with Crippen molar-refractivity contribution in [3.05, 3.63) is 40.2 Å². The molecule has 1 fully saturated rings. The molecule has 39 heavy (non-hydrogen) atoms. The summed E-state index contributed by atoms with van der Waals surface area (Å²) < 4.78 is 12.4. The van der Waals surface area contributed by atoms with E-state index in [1.165, 1.54) is 6.07 Å². The van der Waals surface area contributed by atoms with Gasteiger partial charge in [-0.1, -0.05) is 26.8 Å². The number of aromatic nitrogens is 1. The number of benzene rings is 1. The lowest BCUT2D eigenvalue weighted by atomic mass is 9.96. The summed E-state index contributed by atoms with van der Waals surface area (Å²) in [6.45, 7) is 21.1. The Morgan fingerprint density at radius 1 is 1.13 bits per heavy atom. The number of nitrogens with one attached hydrogen (secondary N) is 2. The average molecular weight is 560 g/mol.